The Labute approximate surface area is 188 Å². The van der Waals surface area contributed by atoms with E-state index in [1.165, 1.54) is 5.56 Å². The monoisotopic (exact) mass is 427 g/mol. The number of H-pyrrole nitrogens is 1. The number of carbonyl (C=O) groups is 2. The van der Waals surface area contributed by atoms with Gasteiger partial charge in [0.2, 0.25) is 5.91 Å². The van der Waals surface area contributed by atoms with E-state index in [1.807, 2.05) is 37.3 Å². The minimum Gasteiger partial charge on any atom is -0.357 e. The molecular formula is C27H29N3O2. The maximum atomic E-state index is 13.5. The van der Waals surface area contributed by atoms with Gasteiger partial charge in [-0.15, -0.1) is 0 Å². The Morgan fingerprint density at radius 1 is 1.19 bits per heavy atom. The van der Waals surface area contributed by atoms with Gasteiger partial charge >= 0.3 is 0 Å². The summed E-state index contributed by atoms with van der Waals surface area (Å²) in [5.74, 6) is 1.24. The molecule has 3 aromatic rings. The highest BCUT2D eigenvalue weighted by molar-refractivity contribution is 6.05. The molecule has 2 N–H and O–H groups in total. The van der Waals surface area contributed by atoms with Crippen molar-refractivity contribution in [1.29, 1.82) is 0 Å². The van der Waals surface area contributed by atoms with Crippen LogP contribution in [0.5, 0.6) is 0 Å². The summed E-state index contributed by atoms with van der Waals surface area (Å²) in [6.45, 7) is 6.39. The van der Waals surface area contributed by atoms with Gasteiger partial charge < -0.3 is 10.3 Å². The number of rotatable bonds is 6. The number of ketones is 1. The van der Waals surface area contributed by atoms with Gasteiger partial charge in [-0.3, -0.25) is 9.59 Å². The molecule has 6 rings (SSSR count). The molecule has 0 aliphatic heterocycles. The zero-order valence-corrected chi connectivity index (χ0v) is 18.9. The standard InChI is InChI=1S/C27H29N3O2/c1-4-8-22(31)29-21-14-17(11-12-28-21)24-18(13-16-9-6-5-7-10-16)23-25(30-24)19-15-20(26(23)32)27(19,2)3/h5-7,9-12,14,19-20,30H,4,8,13,15H2,1-3H3,(H,28,29,31)/t19-,20+/m1/s1. The number of amides is 1. The van der Waals surface area contributed by atoms with Gasteiger partial charge in [0.05, 0.1) is 5.69 Å². The van der Waals surface area contributed by atoms with Gasteiger partial charge in [-0.2, -0.15) is 0 Å². The van der Waals surface area contributed by atoms with Crippen LogP contribution in [0.25, 0.3) is 11.3 Å². The van der Waals surface area contributed by atoms with Crippen molar-refractivity contribution in [3.8, 4) is 11.3 Å². The fourth-order valence-electron chi connectivity index (χ4n) is 5.45. The Bertz CT molecular complexity index is 1190. The van der Waals surface area contributed by atoms with E-state index in [-0.39, 0.29) is 23.0 Å². The van der Waals surface area contributed by atoms with E-state index in [0.717, 1.165) is 40.9 Å². The molecule has 2 bridgehead atoms. The molecular weight excluding hydrogens is 398 g/mol. The fourth-order valence-corrected chi connectivity index (χ4v) is 5.45. The normalized spacial score (nSPS) is 20.4. The molecule has 1 fully saturated rings. The van der Waals surface area contributed by atoms with Crippen LogP contribution in [0.4, 0.5) is 5.82 Å². The quantitative estimate of drug-likeness (QED) is 0.527. The number of aromatic nitrogens is 2. The molecule has 5 heteroatoms. The van der Waals surface area contributed by atoms with Crippen molar-refractivity contribution in [3.05, 3.63) is 71.0 Å². The number of benzene rings is 1. The smallest absolute Gasteiger partial charge is 0.225 e. The van der Waals surface area contributed by atoms with Crippen LogP contribution in [0.3, 0.4) is 0 Å². The predicted octanol–water partition coefficient (Wildman–Crippen LogP) is 5.73. The van der Waals surface area contributed by atoms with E-state index in [1.54, 1.807) is 6.20 Å². The summed E-state index contributed by atoms with van der Waals surface area (Å²) in [6.07, 6.45) is 4.59. The van der Waals surface area contributed by atoms with Crippen molar-refractivity contribution < 1.29 is 9.59 Å². The zero-order valence-electron chi connectivity index (χ0n) is 18.9. The van der Waals surface area contributed by atoms with E-state index in [0.29, 0.717) is 24.6 Å². The topological polar surface area (TPSA) is 74.8 Å². The average Bonchev–Trinajstić information content (AvgIpc) is 3.14. The highest BCUT2D eigenvalue weighted by Gasteiger charge is 2.58. The van der Waals surface area contributed by atoms with E-state index < -0.39 is 0 Å². The van der Waals surface area contributed by atoms with Gasteiger partial charge in [0.1, 0.15) is 5.82 Å². The molecule has 2 atom stereocenters. The molecule has 2 heterocycles. The maximum Gasteiger partial charge on any atom is 0.225 e. The number of nitrogens with one attached hydrogen (secondary N) is 2. The van der Waals surface area contributed by atoms with Crippen LogP contribution in [-0.4, -0.2) is 21.7 Å². The minimum absolute atomic E-state index is 0.00620. The molecule has 0 radical (unpaired) electrons. The van der Waals surface area contributed by atoms with Crippen LogP contribution < -0.4 is 5.32 Å². The molecule has 1 saturated carbocycles. The predicted molar refractivity (Wildman–Crippen MR) is 126 cm³/mol. The van der Waals surface area contributed by atoms with Crippen molar-refractivity contribution in [2.75, 3.05) is 5.32 Å². The molecule has 2 aromatic heterocycles. The second-order valence-electron chi connectivity index (χ2n) is 9.68. The molecule has 3 aliphatic rings. The number of aromatic amines is 1. The number of hydrogen-bond donors (Lipinski definition) is 2. The van der Waals surface area contributed by atoms with Crippen LogP contribution in [0, 0.1) is 11.3 Å². The first kappa shape index (κ1) is 20.7. The molecule has 0 saturated heterocycles. The third-order valence-electron chi connectivity index (χ3n) is 7.33. The molecule has 0 unspecified atom stereocenters. The summed E-state index contributed by atoms with van der Waals surface area (Å²) in [6, 6.07) is 14.1. The van der Waals surface area contributed by atoms with Crippen LogP contribution in [-0.2, 0) is 11.2 Å². The Morgan fingerprint density at radius 3 is 2.69 bits per heavy atom. The summed E-state index contributed by atoms with van der Waals surface area (Å²) in [4.78, 5) is 33.6. The van der Waals surface area contributed by atoms with Crippen molar-refractivity contribution in [3.63, 3.8) is 0 Å². The number of Topliss-reactive ketones (excluding diaryl/α,β-unsaturated/α-hetero) is 1. The van der Waals surface area contributed by atoms with Gasteiger partial charge in [-0.25, -0.2) is 4.98 Å². The summed E-state index contributed by atoms with van der Waals surface area (Å²) >= 11 is 0. The fraction of sp³-hybridized carbons (Fsp3) is 0.370. The molecule has 32 heavy (non-hydrogen) atoms. The number of anilines is 1. The summed E-state index contributed by atoms with van der Waals surface area (Å²) in [5, 5.41) is 2.89. The lowest BCUT2D eigenvalue weighted by Gasteiger charge is -2.54. The lowest BCUT2D eigenvalue weighted by atomic mass is 9.48. The molecule has 3 aliphatic carbocycles. The van der Waals surface area contributed by atoms with Crippen molar-refractivity contribution >= 4 is 17.5 Å². The molecule has 1 amide bonds. The number of pyridine rings is 1. The largest absolute Gasteiger partial charge is 0.357 e. The summed E-state index contributed by atoms with van der Waals surface area (Å²) < 4.78 is 0. The highest BCUT2D eigenvalue weighted by atomic mass is 16.1. The Balaban J connectivity index is 1.61. The molecule has 0 spiro atoms. The van der Waals surface area contributed by atoms with Crippen molar-refractivity contribution in [2.45, 2.75) is 52.4 Å². The summed E-state index contributed by atoms with van der Waals surface area (Å²) in [5.41, 5.74) is 6.09. The van der Waals surface area contributed by atoms with Gasteiger partial charge in [0, 0.05) is 47.7 Å². The van der Waals surface area contributed by atoms with E-state index in [9.17, 15) is 9.59 Å². The van der Waals surface area contributed by atoms with Crippen LogP contribution in [0.1, 0.15) is 73.1 Å². The van der Waals surface area contributed by atoms with Crippen LogP contribution in [0.15, 0.2) is 48.7 Å². The SMILES string of the molecule is CCCC(=O)Nc1cc(-c2[nH]c3c(c2Cc2ccccc2)C(=O)[C@@H]2C[C@H]3C2(C)C)ccn1. The first-order chi connectivity index (χ1) is 15.4. The van der Waals surface area contributed by atoms with Gasteiger partial charge in [-0.05, 0) is 41.5 Å². The average molecular weight is 428 g/mol. The summed E-state index contributed by atoms with van der Waals surface area (Å²) in [7, 11) is 0. The zero-order chi connectivity index (χ0) is 22.5. The van der Waals surface area contributed by atoms with E-state index >= 15 is 0 Å². The van der Waals surface area contributed by atoms with Crippen molar-refractivity contribution in [2.24, 2.45) is 11.3 Å². The highest BCUT2D eigenvalue weighted by Crippen LogP contribution is 2.62. The van der Waals surface area contributed by atoms with Crippen LogP contribution >= 0.6 is 0 Å². The number of nitrogens with zero attached hydrogens (tertiary/aromatic N) is 1. The second kappa shape index (κ2) is 7.73. The first-order valence-electron chi connectivity index (χ1n) is 11.5. The molecule has 164 valence electrons. The van der Waals surface area contributed by atoms with Gasteiger partial charge in [0.15, 0.2) is 5.78 Å². The van der Waals surface area contributed by atoms with Crippen molar-refractivity contribution in [1.82, 2.24) is 9.97 Å². The second-order valence-corrected chi connectivity index (χ2v) is 9.68. The van der Waals surface area contributed by atoms with Gasteiger partial charge in [0.25, 0.3) is 0 Å². The Hall–Kier alpha value is -3.21. The molecule has 1 aromatic carbocycles. The molecule has 5 nitrogen and oxygen atoms in total. The number of carbonyl (C=O) groups excluding carboxylic acids is 2. The van der Waals surface area contributed by atoms with E-state index in [2.05, 4.69) is 41.3 Å². The minimum atomic E-state index is -0.0369. The first-order valence-corrected chi connectivity index (χ1v) is 11.5. The lowest BCUT2D eigenvalue weighted by Crippen LogP contribution is -2.51. The number of hydrogen-bond acceptors (Lipinski definition) is 3. The third-order valence-corrected chi connectivity index (χ3v) is 7.33. The van der Waals surface area contributed by atoms with Crippen LogP contribution in [0.2, 0.25) is 0 Å². The van der Waals surface area contributed by atoms with E-state index in [4.69, 9.17) is 0 Å². The maximum absolute atomic E-state index is 13.5. The third kappa shape index (κ3) is 3.27. The Kier molecular flexibility index (Phi) is 5.00. The van der Waals surface area contributed by atoms with Gasteiger partial charge in [-0.1, -0.05) is 51.1 Å². The Morgan fingerprint density at radius 2 is 1.97 bits per heavy atom. The lowest BCUT2D eigenvalue weighted by molar-refractivity contribution is -0.116.